The van der Waals surface area contributed by atoms with Crippen LogP contribution in [0.2, 0.25) is 0 Å². The lowest BCUT2D eigenvalue weighted by atomic mass is 10.1. The van der Waals surface area contributed by atoms with Gasteiger partial charge >= 0.3 is 0 Å². The fraction of sp³-hybridized carbons (Fsp3) is 0.571. The van der Waals surface area contributed by atoms with E-state index in [1.165, 1.54) is 35.4 Å². The summed E-state index contributed by atoms with van der Waals surface area (Å²) in [5.41, 5.74) is 4.20. The van der Waals surface area contributed by atoms with E-state index in [1.807, 2.05) is 0 Å². The topological polar surface area (TPSA) is 12.0 Å². The van der Waals surface area contributed by atoms with Gasteiger partial charge in [0.1, 0.15) is 0 Å². The molecule has 1 unspecified atom stereocenters. The van der Waals surface area contributed by atoms with Crippen molar-refractivity contribution in [2.45, 2.75) is 38.4 Å². The number of benzene rings is 1. The van der Waals surface area contributed by atoms with E-state index in [0.29, 0.717) is 0 Å². The van der Waals surface area contributed by atoms with Crippen LogP contribution in [0.25, 0.3) is 0 Å². The Morgan fingerprint density at radius 1 is 1.44 bits per heavy atom. The van der Waals surface area contributed by atoms with Gasteiger partial charge in [0.05, 0.1) is 0 Å². The van der Waals surface area contributed by atoms with Crippen molar-refractivity contribution in [3.8, 4) is 0 Å². The van der Waals surface area contributed by atoms with Crippen LogP contribution in [0.15, 0.2) is 18.2 Å². The first-order valence-corrected chi connectivity index (χ1v) is 7.30. The van der Waals surface area contributed by atoms with Crippen LogP contribution in [0.1, 0.15) is 30.9 Å². The molecule has 0 saturated carbocycles. The predicted molar refractivity (Wildman–Crippen MR) is 74.5 cm³/mol. The zero-order valence-corrected chi connectivity index (χ0v) is 11.1. The minimum absolute atomic E-state index is 0.823. The molecular weight excluding hydrogens is 214 g/mol. The van der Waals surface area contributed by atoms with E-state index < -0.39 is 0 Å². The molecule has 16 heavy (non-hydrogen) atoms. The summed E-state index contributed by atoms with van der Waals surface area (Å²) < 4.78 is 0. The van der Waals surface area contributed by atoms with Crippen LogP contribution < -0.4 is 5.32 Å². The second-order valence-electron chi connectivity index (χ2n) is 4.48. The van der Waals surface area contributed by atoms with E-state index in [4.69, 9.17) is 0 Å². The van der Waals surface area contributed by atoms with Crippen molar-refractivity contribution in [1.82, 2.24) is 0 Å². The Labute approximate surface area is 103 Å². The monoisotopic (exact) mass is 235 g/mol. The first-order valence-electron chi connectivity index (χ1n) is 6.25. The van der Waals surface area contributed by atoms with E-state index in [-0.39, 0.29) is 0 Å². The molecule has 0 aliphatic carbocycles. The second kappa shape index (κ2) is 5.62. The van der Waals surface area contributed by atoms with Crippen molar-refractivity contribution in [2.24, 2.45) is 0 Å². The smallest absolute Gasteiger partial charge is 0.0402 e. The predicted octanol–water partition coefficient (Wildman–Crippen LogP) is 3.86. The SMILES string of the molecule is CCc1cccc(C)c1NCC1CCCS1. The fourth-order valence-corrected chi connectivity index (χ4v) is 3.50. The zero-order valence-electron chi connectivity index (χ0n) is 10.3. The molecule has 1 nitrogen and oxygen atoms in total. The first-order chi connectivity index (χ1) is 7.81. The third kappa shape index (κ3) is 2.73. The standard InChI is InChI=1S/C14H21NS/c1-3-12-7-4-6-11(2)14(12)15-10-13-8-5-9-16-13/h4,6-7,13,15H,3,5,8-10H2,1-2H3. The first kappa shape index (κ1) is 11.8. The Hall–Kier alpha value is -0.630. The number of anilines is 1. The van der Waals surface area contributed by atoms with E-state index in [9.17, 15) is 0 Å². The molecule has 1 N–H and O–H groups in total. The highest BCUT2D eigenvalue weighted by molar-refractivity contribution is 8.00. The molecule has 0 bridgehead atoms. The lowest BCUT2D eigenvalue weighted by Gasteiger charge is -2.16. The molecule has 1 fully saturated rings. The van der Waals surface area contributed by atoms with E-state index in [1.54, 1.807) is 0 Å². The van der Waals surface area contributed by atoms with Crippen LogP contribution in [0.5, 0.6) is 0 Å². The van der Waals surface area contributed by atoms with Crippen LogP contribution in [-0.4, -0.2) is 17.5 Å². The number of thioether (sulfide) groups is 1. The van der Waals surface area contributed by atoms with Gasteiger partial charge in [0, 0.05) is 17.5 Å². The molecule has 0 spiro atoms. The average Bonchev–Trinajstić information content (AvgIpc) is 2.80. The van der Waals surface area contributed by atoms with Gasteiger partial charge in [0.2, 0.25) is 0 Å². The molecule has 1 atom stereocenters. The molecule has 1 aliphatic rings. The van der Waals surface area contributed by atoms with Crippen molar-refractivity contribution < 1.29 is 0 Å². The molecule has 1 aromatic rings. The summed E-state index contributed by atoms with van der Waals surface area (Å²) in [5.74, 6) is 1.35. The Kier molecular flexibility index (Phi) is 4.16. The van der Waals surface area contributed by atoms with Gasteiger partial charge in [-0.1, -0.05) is 25.1 Å². The number of rotatable bonds is 4. The Morgan fingerprint density at radius 2 is 2.31 bits per heavy atom. The highest BCUT2D eigenvalue weighted by atomic mass is 32.2. The molecule has 88 valence electrons. The largest absolute Gasteiger partial charge is 0.383 e. The van der Waals surface area contributed by atoms with Gasteiger partial charge in [-0.05, 0) is 43.1 Å². The third-order valence-corrected chi connectivity index (χ3v) is 4.67. The summed E-state index contributed by atoms with van der Waals surface area (Å²) in [6, 6.07) is 6.59. The quantitative estimate of drug-likeness (QED) is 0.850. The van der Waals surface area contributed by atoms with Crippen molar-refractivity contribution in [2.75, 3.05) is 17.6 Å². The lowest BCUT2D eigenvalue weighted by molar-refractivity contribution is 0.804. The van der Waals surface area contributed by atoms with Crippen molar-refractivity contribution in [3.63, 3.8) is 0 Å². The highest BCUT2D eigenvalue weighted by Crippen LogP contribution is 2.27. The number of hydrogen-bond donors (Lipinski definition) is 1. The Morgan fingerprint density at radius 3 is 3.00 bits per heavy atom. The zero-order chi connectivity index (χ0) is 11.4. The maximum atomic E-state index is 3.65. The summed E-state index contributed by atoms with van der Waals surface area (Å²) in [6.45, 7) is 5.55. The van der Waals surface area contributed by atoms with Crippen LogP contribution in [0.3, 0.4) is 0 Å². The molecule has 1 saturated heterocycles. The summed E-state index contributed by atoms with van der Waals surface area (Å²) in [6.07, 6.45) is 3.89. The molecule has 0 radical (unpaired) electrons. The minimum Gasteiger partial charge on any atom is -0.383 e. The fourth-order valence-electron chi connectivity index (χ4n) is 2.30. The minimum atomic E-state index is 0.823. The van der Waals surface area contributed by atoms with Gasteiger partial charge in [-0.15, -0.1) is 0 Å². The van der Waals surface area contributed by atoms with Gasteiger partial charge in [0.25, 0.3) is 0 Å². The van der Waals surface area contributed by atoms with Crippen LogP contribution in [-0.2, 0) is 6.42 Å². The molecule has 2 heteroatoms. The highest BCUT2D eigenvalue weighted by Gasteiger charge is 2.15. The van der Waals surface area contributed by atoms with Gasteiger partial charge in [-0.25, -0.2) is 0 Å². The summed E-state index contributed by atoms with van der Waals surface area (Å²) >= 11 is 2.12. The van der Waals surface area contributed by atoms with Gasteiger partial charge in [-0.3, -0.25) is 0 Å². The Balaban J connectivity index is 2.01. The lowest BCUT2D eigenvalue weighted by Crippen LogP contribution is -2.15. The summed E-state index contributed by atoms with van der Waals surface area (Å²) in [4.78, 5) is 0. The van der Waals surface area contributed by atoms with Crippen LogP contribution in [0.4, 0.5) is 5.69 Å². The number of nitrogens with one attached hydrogen (secondary N) is 1. The molecule has 1 aromatic carbocycles. The van der Waals surface area contributed by atoms with Crippen molar-refractivity contribution >= 4 is 17.4 Å². The van der Waals surface area contributed by atoms with Gasteiger partial charge < -0.3 is 5.32 Å². The van der Waals surface area contributed by atoms with E-state index >= 15 is 0 Å². The van der Waals surface area contributed by atoms with Crippen molar-refractivity contribution in [3.05, 3.63) is 29.3 Å². The van der Waals surface area contributed by atoms with Crippen LogP contribution in [0, 0.1) is 6.92 Å². The van der Waals surface area contributed by atoms with Gasteiger partial charge in [0.15, 0.2) is 0 Å². The average molecular weight is 235 g/mol. The maximum absolute atomic E-state index is 3.65. The molecule has 2 rings (SSSR count). The normalized spacial score (nSPS) is 20.0. The summed E-state index contributed by atoms with van der Waals surface area (Å²) in [7, 11) is 0. The van der Waals surface area contributed by atoms with Gasteiger partial charge in [-0.2, -0.15) is 11.8 Å². The number of para-hydroxylation sites is 1. The van der Waals surface area contributed by atoms with Crippen molar-refractivity contribution in [1.29, 1.82) is 0 Å². The molecule has 0 aromatic heterocycles. The van der Waals surface area contributed by atoms with E-state index in [0.717, 1.165) is 18.2 Å². The van der Waals surface area contributed by atoms with E-state index in [2.05, 4.69) is 49.1 Å². The molecule has 1 heterocycles. The molecular formula is C14H21NS. The Bertz CT molecular complexity index is 343. The maximum Gasteiger partial charge on any atom is 0.0402 e. The number of hydrogen-bond acceptors (Lipinski definition) is 2. The molecule has 0 amide bonds. The number of aryl methyl sites for hydroxylation is 2. The summed E-state index contributed by atoms with van der Waals surface area (Å²) in [5, 5.41) is 4.48. The van der Waals surface area contributed by atoms with Crippen LogP contribution >= 0.6 is 11.8 Å². The molecule has 1 aliphatic heterocycles. The second-order valence-corrected chi connectivity index (χ2v) is 5.89. The third-order valence-electron chi connectivity index (χ3n) is 3.27.